The second-order valence-electron chi connectivity index (χ2n) is 2.30. The SMILES string of the molecule is CC(C)=O.CCn1ccnc1. The Morgan fingerprint density at radius 2 is 2.09 bits per heavy atom. The van der Waals surface area contributed by atoms with Crippen LogP contribution in [0.25, 0.3) is 0 Å². The second kappa shape index (κ2) is 5.65. The molecule has 0 aliphatic heterocycles. The van der Waals surface area contributed by atoms with Crippen molar-refractivity contribution in [2.24, 2.45) is 0 Å². The molecule has 0 saturated heterocycles. The lowest BCUT2D eigenvalue weighted by Crippen LogP contribution is -1.85. The van der Waals surface area contributed by atoms with Gasteiger partial charge in [0.15, 0.2) is 0 Å². The minimum atomic E-state index is 0.167. The van der Waals surface area contributed by atoms with Gasteiger partial charge in [-0.1, -0.05) is 0 Å². The molecular formula is C8H14N2O. The Labute approximate surface area is 67.1 Å². The summed E-state index contributed by atoms with van der Waals surface area (Å²) in [7, 11) is 0. The second-order valence-corrected chi connectivity index (χ2v) is 2.30. The fraction of sp³-hybridized carbons (Fsp3) is 0.500. The predicted octanol–water partition coefficient (Wildman–Crippen LogP) is 1.50. The standard InChI is InChI=1S/C5H8N2.C3H6O/c1-2-7-4-3-6-5-7;1-3(2)4/h3-5H,2H2,1H3;1-2H3. The zero-order valence-corrected chi connectivity index (χ0v) is 7.24. The van der Waals surface area contributed by atoms with E-state index >= 15 is 0 Å². The van der Waals surface area contributed by atoms with Crippen molar-refractivity contribution in [1.29, 1.82) is 0 Å². The molecule has 1 rings (SSSR count). The van der Waals surface area contributed by atoms with Gasteiger partial charge in [-0.2, -0.15) is 0 Å². The van der Waals surface area contributed by atoms with Gasteiger partial charge in [-0.3, -0.25) is 0 Å². The molecule has 0 amide bonds. The van der Waals surface area contributed by atoms with Crippen LogP contribution in [0.2, 0.25) is 0 Å². The lowest BCUT2D eigenvalue weighted by Gasteiger charge is -1.87. The molecule has 11 heavy (non-hydrogen) atoms. The first-order valence-electron chi connectivity index (χ1n) is 3.59. The first-order chi connectivity index (χ1) is 5.16. The van der Waals surface area contributed by atoms with Crippen molar-refractivity contribution < 1.29 is 4.79 Å². The van der Waals surface area contributed by atoms with Crippen LogP contribution in [-0.4, -0.2) is 15.3 Å². The number of rotatable bonds is 1. The molecule has 62 valence electrons. The Kier molecular flexibility index (Phi) is 5.07. The van der Waals surface area contributed by atoms with E-state index in [1.165, 1.54) is 13.8 Å². The summed E-state index contributed by atoms with van der Waals surface area (Å²) in [6.07, 6.45) is 5.53. The molecule has 1 heterocycles. The number of nitrogens with zero attached hydrogens (tertiary/aromatic N) is 2. The molecule has 3 nitrogen and oxygen atoms in total. The van der Waals surface area contributed by atoms with Crippen LogP contribution in [0.3, 0.4) is 0 Å². The monoisotopic (exact) mass is 154 g/mol. The average molecular weight is 154 g/mol. The van der Waals surface area contributed by atoms with E-state index in [0.717, 1.165) is 6.54 Å². The molecule has 1 aromatic heterocycles. The number of ketones is 1. The molecule has 0 saturated carbocycles. The average Bonchev–Trinajstić information content (AvgIpc) is 2.36. The van der Waals surface area contributed by atoms with Crippen molar-refractivity contribution in [3.8, 4) is 0 Å². The van der Waals surface area contributed by atoms with Crippen LogP contribution in [0.1, 0.15) is 20.8 Å². The van der Waals surface area contributed by atoms with E-state index in [-0.39, 0.29) is 5.78 Å². The highest BCUT2D eigenvalue weighted by atomic mass is 16.1. The number of hydrogen-bond donors (Lipinski definition) is 0. The van der Waals surface area contributed by atoms with E-state index < -0.39 is 0 Å². The predicted molar refractivity (Wildman–Crippen MR) is 44.3 cm³/mol. The number of Topliss-reactive ketones (excluding diaryl/α,β-unsaturated/α-hetero) is 1. The molecule has 0 aliphatic rings. The molecule has 3 heteroatoms. The lowest BCUT2D eigenvalue weighted by atomic mass is 10.6. The van der Waals surface area contributed by atoms with E-state index in [1.807, 2.05) is 10.8 Å². The Morgan fingerprint density at radius 1 is 1.55 bits per heavy atom. The van der Waals surface area contributed by atoms with Crippen molar-refractivity contribution in [1.82, 2.24) is 9.55 Å². The van der Waals surface area contributed by atoms with E-state index in [1.54, 1.807) is 12.5 Å². The van der Waals surface area contributed by atoms with Gasteiger partial charge in [0.05, 0.1) is 6.33 Å². The van der Waals surface area contributed by atoms with E-state index in [2.05, 4.69) is 11.9 Å². The van der Waals surface area contributed by atoms with Crippen molar-refractivity contribution in [2.75, 3.05) is 0 Å². The number of carbonyl (C=O) groups is 1. The Balaban J connectivity index is 0.000000218. The maximum Gasteiger partial charge on any atom is 0.126 e. The molecule has 0 aliphatic carbocycles. The third-order valence-corrected chi connectivity index (χ3v) is 0.924. The number of carbonyl (C=O) groups excluding carboxylic acids is 1. The molecule has 0 unspecified atom stereocenters. The van der Waals surface area contributed by atoms with Gasteiger partial charge in [-0.05, 0) is 20.8 Å². The zero-order chi connectivity index (χ0) is 8.69. The summed E-state index contributed by atoms with van der Waals surface area (Å²) in [4.78, 5) is 13.3. The summed E-state index contributed by atoms with van der Waals surface area (Å²) >= 11 is 0. The highest BCUT2D eigenvalue weighted by Gasteiger charge is 1.77. The van der Waals surface area contributed by atoms with Crippen molar-refractivity contribution >= 4 is 5.78 Å². The van der Waals surface area contributed by atoms with Gasteiger partial charge in [0, 0.05) is 18.9 Å². The minimum Gasteiger partial charge on any atom is -0.338 e. The van der Waals surface area contributed by atoms with Gasteiger partial charge in [-0.15, -0.1) is 0 Å². The smallest absolute Gasteiger partial charge is 0.126 e. The fourth-order valence-corrected chi connectivity index (χ4v) is 0.474. The van der Waals surface area contributed by atoms with Gasteiger partial charge in [-0.25, -0.2) is 4.98 Å². The van der Waals surface area contributed by atoms with E-state index in [0.29, 0.717) is 0 Å². The summed E-state index contributed by atoms with van der Waals surface area (Å²) in [5.74, 6) is 0.167. The molecule has 0 N–H and O–H groups in total. The topological polar surface area (TPSA) is 34.9 Å². The molecular weight excluding hydrogens is 140 g/mol. The number of aromatic nitrogens is 2. The first-order valence-corrected chi connectivity index (χ1v) is 3.59. The maximum absolute atomic E-state index is 9.44. The summed E-state index contributed by atoms with van der Waals surface area (Å²) in [5.41, 5.74) is 0. The van der Waals surface area contributed by atoms with Crippen molar-refractivity contribution in [3.63, 3.8) is 0 Å². The molecule has 0 aromatic carbocycles. The van der Waals surface area contributed by atoms with Crippen LogP contribution >= 0.6 is 0 Å². The maximum atomic E-state index is 9.44. The number of aryl methyl sites for hydroxylation is 1. The van der Waals surface area contributed by atoms with Crippen LogP contribution in [-0.2, 0) is 11.3 Å². The van der Waals surface area contributed by atoms with E-state index in [4.69, 9.17) is 0 Å². The molecule has 0 spiro atoms. The normalized spacial score (nSPS) is 8.27. The molecule has 0 bridgehead atoms. The third kappa shape index (κ3) is 6.77. The van der Waals surface area contributed by atoms with Gasteiger partial charge in [0.1, 0.15) is 5.78 Å². The fourth-order valence-electron chi connectivity index (χ4n) is 0.474. The van der Waals surface area contributed by atoms with Gasteiger partial charge in [0.25, 0.3) is 0 Å². The van der Waals surface area contributed by atoms with Crippen molar-refractivity contribution in [2.45, 2.75) is 27.3 Å². The van der Waals surface area contributed by atoms with Crippen LogP contribution in [0.5, 0.6) is 0 Å². The Bertz CT molecular complexity index is 188. The third-order valence-electron chi connectivity index (χ3n) is 0.924. The highest BCUT2D eigenvalue weighted by Crippen LogP contribution is 1.81. The zero-order valence-electron chi connectivity index (χ0n) is 7.24. The lowest BCUT2D eigenvalue weighted by molar-refractivity contribution is -0.114. The Hall–Kier alpha value is -1.12. The first kappa shape index (κ1) is 9.88. The van der Waals surface area contributed by atoms with Crippen molar-refractivity contribution in [3.05, 3.63) is 18.7 Å². The van der Waals surface area contributed by atoms with Gasteiger partial charge >= 0.3 is 0 Å². The molecule has 1 aromatic rings. The van der Waals surface area contributed by atoms with E-state index in [9.17, 15) is 4.79 Å². The summed E-state index contributed by atoms with van der Waals surface area (Å²) in [6.45, 7) is 6.15. The summed E-state index contributed by atoms with van der Waals surface area (Å²) < 4.78 is 2.01. The molecule has 0 radical (unpaired) electrons. The molecule has 0 atom stereocenters. The molecule has 0 fully saturated rings. The van der Waals surface area contributed by atoms with Gasteiger partial charge < -0.3 is 9.36 Å². The number of imidazole rings is 1. The van der Waals surface area contributed by atoms with Crippen LogP contribution < -0.4 is 0 Å². The summed E-state index contributed by atoms with van der Waals surface area (Å²) in [6, 6.07) is 0. The largest absolute Gasteiger partial charge is 0.338 e. The van der Waals surface area contributed by atoms with Crippen LogP contribution in [0.4, 0.5) is 0 Å². The van der Waals surface area contributed by atoms with Crippen LogP contribution in [0.15, 0.2) is 18.7 Å². The summed E-state index contributed by atoms with van der Waals surface area (Å²) in [5, 5.41) is 0. The Morgan fingerprint density at radius 3 is 2.27 bits per heavy atom. The quantitative estimate of drug-likeness (QED) is 0.614. The highest BCUT2D eigenvalue weighted by molar-refractivity contribution is 5.72. The van der Waals surface area contributed by atoms with Crippen LogP contribution in [0, 0.1) is 0 Å². The minimum absolute atomic E-state index is 0.167. The van der Waals surface area contributed by atoms with Gasteiger partial charge in [0.2, 0.25) is 0 Å². The number of hydrogen-bond acceptors (Lipinski definition) is 2.